The molecule has 0 saturated carbocycles. The number of nitrogens with zero attached hydrogens (tertiary/aromatic N) is 1. The zero-order valence-electron chi connectivity index (χ0n) is 12.7. The van der Waals surface area contributed by atoms with Gasteiger partial charge < -0.3 is 10.4 Å². The van der Waals surface area contributed by atoms with Crippen molar-refractivity contribution in [2.45, 2.75) is 25.8 Å². The predicted octanol–water partition coefficient (Wildman–Crippen LogP) is 1.70. The highest BCUT2D eigenvalue weighted by Crippen LogP contribution is 2.03. The van der Waals surface area contributed by atoms with Gasteiger partial charge in [-0.3, -0.25) is 14.5 Å². The fourth-order valence-corrected chi connectivity index (χ4v) is 1.79. The van der Waals surface area contributed by atoms with Crippen LogP contribution in [0.2, 0.25) is 0 Å². The molecule has 22 heavy (non-hydrogen) atoms. The van der Waals surface area contributed by atoms with Crippen LogP contribution in [0.4, 0.5) is 4.39 Å². The van der Waals surface area contributed by atoms with Gasteiger partial charge in [-0.05, 0) is 38.1 Å². The van der Waals surface area contributed by atoms with Crippen LogP contribution < -0.4 is 5.32 Å². The van der Waals surface area contributed by atoms with Crippen molar-refractivity contribution in [3.63, 3.8) is 0 Å². The standard InChI is InChI=1S/C15H21FN2O3.ClH/c1-11(18(2)10-8-14(19)20)15(21)17-9-7-12-3-5-13(16)6-4-12;/h3-6,11H,7-10H2,1-2H3,(H,17,21)(H,19,20);1H. The molecule has 124 valence electrons. The molecule has 0 aromatic heterocycles. The summed E-state index contributed by atoms with van der Waals surface area (Å²) in [7, 11) is 1.72. The summed E-state index contributed by atoms with van der Waals surface area (Å²) in [5.41, 5.74) is 0.948. The Hall–Kier alpha value is -1.66. The maximum Gasteiger partial charge on any atom is 0.304 e. The van der Waals surface area contributed by atoms with Crippen LogP contribution in [0.3, 0.4) is 0 Å². The Bertz CT molecular complexity index is 482. The molecule has 0 aliphatic heterocycles. The minimum atomic E-state index is -0.884. The lowest BCUT2D eigenvalue weighted by atomic mass is 10.1. The number of carbonyl (C=O) groups is 2. The number of carboxylic acid groups (broad SMARTS) is 1. The third kappa shape index (κ3) is 7.38. The lowest BCUT2D eigenvalue weighted by Gasteiger charge is -2.23. The van der Waals surface area contributed by atoms with Gasteiger partial charge in [-0.1, -0.05) is 12.1 Å². The minimum absolute atomic E-state index is 0. The number of halogens is 2. The van der Waals surface area contributed by atoms with Gasteiger partial charge in [-0.2, -0.15) is 0 Å². The van der Waals surface area contributed by atoms with E-state index < -0.39 is 12.0 Å². The van der Waals surface area contributed by atoms with E-state index in [-0.39, 0.29) is 30.6 Å². The van der Waals surface area contributed by atoms with Crippen molar-refractivity contribution in [1.29, 1.82) is 0 Å². The first-order valence-corrected chi connectivity index (χ1v) is 6.84. The van der Waals surface area contributed by atoms with E-state index in [0.717, 1.165) is 5.56 Å². The number of hydrogen-bond acceptors (Lipinski definition) is 3. The molecule has 2 N–H and O–H groups in total. The molecule has 0 aliphatic rings. The van der Waals surface area contributed by atoms with Crippen molar-refractivity contribution in [2.75, 3.05) is 20.1 Å². The van der Waals surface area contributed by atoms with Crippen LogP contribution in [-0.2, 0) is 16.0 Å². The van der Waals surface area contributed by atoms with E-state index in [9.17, 15) is 14.0 Å². The fourth-order valence-electron chi connectivity index (χ4n) is 1.79. The average Bonchev–Trinajstić information content (AvgIpc) is 2.45. The first kappa shape index (κ1) is 20.3. The third-order valence-corrected chi connectivity index (χ3v) is 3.35. The Morgan fingerprint density at radius 3 is 2.45 bits per heavy atom. The topological polar surface area (TPSA) is 69.6 Å². The lowest BCUT2D eigenvalue weighted by Crippen LogP contribution is -2.44. The number of amides is 1. The van der Waals surface area contributed by atoms with E-state index in [0.29, 0.717) is 19.5 Å². The molecule has 1 aromatic rings. The van der Waals surface area contributed by atoms with Gasteiger partial charge in [0.25, 0.3) is 0 Å². The van der Waals surface area contributed by atoms with Gasteiger partial charge in [0, 0.05) is 13.1 Å². The van der Waals surface area contributed by atoms with Gasteiger partial charge in [0.1, 0.15) is 5.82 Å². The second-order valence-corrected chi connectivity index (χ2v) is 4.97. The van der Waals surface area contributed by atoms with Gasteiger partial charge in [0.05, 0.1) is 12.5 Å². The highest BCUT2D eigenvalue weighted by atomic mass is 35.5. The summed E-state index contributed by atoms with van der Waals surface area (Å²) in [5.74, 6) is -1.31. The van der Waals surface area contributed by atoms with E-state index in [1.807, 2.05) is 0 Å². The van der Waals surface area contributed by atoms with Crippen molar-refractivity contribution < 1.29 is 19.1 Å². The Balaban J connectivity index is 0.00000441. The third-order valence-electron chi connectivity index (χ3n) is 3.35. The fraction of sp³-hybridized carbons (Fsp3) is 0.467. The van der Waals surface area contributed by atoms with Crippen molar-refractivity contribution in [1.82, 2.24) is 10.2 Å². The van der Waals surface area contributed by atoms with E-state index in [1.165, 1.54) is 12.1 Å². The monoisotopic (exact) mass is 332 g/mol. The van der Waals surface area contributed by atoms with E-state index in [2.05, 4.69) is 5.32 Å². The first-order valence-electron chi connectivity index (χ1n) is 6.84. The first-order chi connectivity index (χ1) is 9.90. The zero-order chi connectivity index (χ0) is 15.8. The highest BCUT2D eigenvalue weighted by Gasteiger charge is 2.17. The summed E-state index contributed by atoms with van der Waals surface area (Å²) in [6.45, 7) is 2.51. The molecule has 0 fully saturated rings. The average molecular weight is 333 g/mol. The second-order valence-electron chi connectivity index (χ2n) is 4.97. The van der Waals surface area contributed by atoms with Crippen molar-refractivity contribution in [2.24, 2.45) is 0 Å². The van der Waals surface area contributed by atoms with E-state index in [4.69, 9.17) is 5.11 Å². The normalized spacial score (nSPS) is 11.6. The molecule has 0 radical (unpaired) electrons. The number of benzene rings is 1. The summed E-state index contributed by atoms with van der Waals surface area (Å²) in [5, 5.41) is 11.4. The number of nitrogens with one attached hydrogen (secondary N) is 1. The summed E-state index contributed by atoms with van der Waals surface area (Å²) in [6, 6.07) is 5.75. The number of aliphatic carboxylic acids is 1. The van der Waals surface area contributed by atoms with Crippen LogP contribution in [0.1, 0.15) is 18.9 Å². The van der Waals surface area contributed by atoms with Gasteiger partial charge >= 0.3 is 5.97 Å². The number of hydrogen-bond donors (Lipinski definition) is 2. The van der Waals surface area contributed by atoms with E-state index in [1.54, 1.807) is 31.0 Å². The van der Waals surface area contributed by atoms with Crippen LogP contribution >= 0.6 is 12.4 Å². The predicted molar refractivity (Wildman–Crippen MR) is 84.7 cm³/mol. The smallest absolute Gasteiger partial charge is 0.304 e. The Labute approximate surface area is 135 Å². The molecule has 7 heteroatoms. The maximum atomic E-state index is 12.7. The Morgan fingerprint density at radius 2 is 1.91 bits per heavy atom. The van der Waals surface area contributed by atoms with Crippen LogP contribution in [-0.4, -0.2) is 48.1 Å². The van der Waals surface area contributed by atoms with Crippen molar-refractivity contribution in [3.8, 4) is 0 Å². The molecule has 1 amide bonds. The van der Waals surface area contributed by atoms with Gasteiger partial charge in [-0.15, -0.1) is 12.4 Å². The van der Waals surface area contributed by atoms with Crippen molar-refractivity contribution >= 4 is 24.3 Å². The molecule has 1 aromatic carbocycles. The number of likely N-dealkylation sites (N-methyl/N-ethyl adjacent to an activating group) is 1. The quantitative estimate of drug-likeness (QED) is 0.760. The highest BCUT2D eigenvalue weighted by molar-refractivity contribution is 5.85. The maximum absolute atomic E-state index is 12.7. The molecule has 0 saturated heterocycles. The van der Waals surface area contributed by atoms with Gasteiger partial charge in [-0.25, -0.2) is 4.39 Å². The summed E-state index contributed by atoms with van der Waals surface area (Å²) < 4.78 is 12.7. The van der Waals surface area contributed by atoms with Gasteiger partial charge in [0.2, 0.25) is 5.91 Å². The van der Waals surface area contributed by atoms with Gasteiger partial charge in [0.15, 0.2) is 0 Å². The summed E-state index contributed by atoms with van der Waals surface area (Å²) in [6.07, 6.45) is 0.626. The molecule has 0 bridgehead atoms. The molecule has 0 aliphatic carbocycles. The minimum Gasteiger partial charge on any atom is -0.481 e. The molecule has 0 spiro atoms. The summed E-state index contributed by atoms with van der Waals surface area (Å²) >= 11 is 0. The second kappa shape index (κ2) is 10.1. The van der Waals surface area contributed by atoms with Crippen LogP contribution in [0.25, 0.3) is 0 Å². The van der Waals surface area contributed by atoms with E-state index >= 15 is 0 Å². The lowest BCUT2D eigenvalue weighted by molar-refractivity contribution is -0.138. The molecular formula is C15H22ClFN2O3. The Morgan fingerprint density at radius 1 is 1.32 bits per heavy atom. The molecule has 0 heterocycles. The largest absolute Gasteiger partial charge is 0.481 e. The van der Waals surface area contributed by atoms with Crippen LogP contribution in [0, 0.1) is 5.82 Å². The Kier molecular flexibility index (Phi) is 9.37. The molecule has 5 nitrogen and oxygen atoms in total. The SMILES string of the molecule is CC(C(=O)NCCc1ccc(F)cc1)N(C)CCC(=O)O.Cl. The number of carboxylic acids is 1. The van der Waals surface area contributed by atoms with Crippen LogP contribution in [0.15, 0.2) is 24.3 Å². The molecule has 1 atom stereocenters. The molecule has 1 rings (SSSR count). The zero-order valence-corrected chi connectivity index (χ0v) is 13.5. The molecule has 1 unspecified atom stereocenters. The van der Waals surface area contributed by atoms with Crippen LogP contribution in [0.5, 0.6) is 0 Å². The molecular weight excluding hydrogens is 311 g/mol. The number of carbonyl (C=O) groups excluding carboxylic acids is 1. The number of rotatable bonds is 8. The summed E-state index contributed by atoms with van der Waals surface area (Å²) in [4.78, 5) is 24.1. The van der Waals surface area contributed by atoms with Crippen molar-refractivity contribution in [3.05, 3.63) is 35.6 Å².